The quantitative estimate of drug-likeness (QED) is 0.834. The van der Waals surface area contributed by atoms with Gasteiger partial charge in [-0.25, -0.2) is 8.42 Å². The predicted octanol–water partition coefficient (Wildman–Crippen LogP) is 2.90. The molecule has 3 rings (SSSR count). The Kier molecular flexibility index (Phi) is 6.05. The minimum absolute atomic E-state index is 0.0521. The molecule has 2 aromatic rings. The van der Waals surface area contributed by atoms with Gasteiger partial charge in [-0.3, -0.25) is 4.79 Å². The van der Waals surface area contributed by atoms with Gasteiger partial charge in [-0.1, -0.05) is 18.2 Å². The zero-order valence-corrected chi connectivity index (χ0v) is 17.3. The molecule has 0 aliphatic carbocycles. The number of sulfonamides is 1. The van der Waals surface area contributed by atoms with E-state index in [1.54, 1.807) is 37.4 Å². The monoisotopic (exact) mass is 402 g/mol. The van der Waals surface area contributed by atoms with E-state index in [0.29, 0.717) is 42.1 Å². The normalized spacial score (nSPS) is 16.0. The number of piperidine rings is 1. The summed E-state index contributed by atoms with van der Waals surface area (Å²) in [6.45, 7) is 4.48. The van der Waals surface area contributed by atoms with Crippen molar-refractivity contribution >= 4 is 15.9 Å². The number of benzene rings is 2. The summed E-state index contributed by atoms with van der Waals surface area (Å²) in [7, 11) is -1.97. The van der Waals surface area contributed by atoms with Crippen molar-refractivity contribution in [1.29, 1.82) is 0 Å². The second kappa shape index (κ2) is 8.32. The molecule has 1 aliphatic heterocycles. The molecule has 150 valence electrons. The fourth-order valence-electron chi connectivity index (χ4n) is 3.40. The maximum Gasteiger partial charge on any atom is 0.251 e. The maximum atomic E-state index is 13.0. The van der Waals surface area contributed by atoms with Gasteiger partial charge in [0.25, 0.3) is 5.91 Å². The van der Waals surface area contributed by atoms with Gasteiger partial charge >= 0.3 is 0 Å². The highest BCUT2D eigenvalue weighted by atomic mass is 32.2. The predicted molar refractivity (Wildman–Crippen MR) is 108 cm³/mol. The molecule has 6 nitrogen and oxygen atoms in total. The zero-order chi connectivity index (χ0) is 20.3. The van der Waals surface area contributed by atoms with Gasteiger partial charge in [0, 0.05) is 24.7 Å². The second-order valence-electron chi connectivity index (χ2n) is 7.15. The molecule has 0 atom stereocenters. The Labute approximate surface area is 166 Å². The Bertz CT molecular complexity index is 964. The molecule has 0 aromatic heterocycles. The summed E-state index contributed by atoms with van der Waals surface area (Å²) in [6, 6.07) is 12.4. The highest BCUT2D eigenvalue weighted by Crippen LogP contribution is 2.24. The molecule has 1 saturated heterocycles. The van der Waals surface area contributed by atoms with E-state index in [4.69, 9.17) is 4.74 Å². The molecule has 1 N–H and O–H groups in total. The summed E-state index contributed by atoms with van der Waals surface area (Å²) >= 11 is 0. The van der Waals surface area contributed by atoms with Crippen molar-refractivity contribution in [2.45, 2.75) is 37.6 Å². The van der Waals surface area contributed by atoms with Crippen LogP contribution in [0.15, 0.2) is 47.4 Å². The Balaban J connectivity index is 1.64. The van der Waals surface area contributed by atoms with Crippen molar-refractivity contribution in [3.05, 3.63) is 59.2 Å². The smallest absolute Gasteiger partial charge is 0.251 e. The zero-order valence-electron chi connectivity index (χ0n) is 16.4. The van der Waals surface area contributed by atoms with Crippen LogP contribution in [0.1, 0.15) is 34.3 Å². The number of hydrogen-bond acceptors (Lipinski definition) is 4. The Morgan fingerprint density at radius 2 is 1.82 bits per heavy atom. The van der Waals surface area contributed by atoms with Gasteiger partial charge in [0.15, 0.2) is 0 Å². The fraction of sp³-hybridized carbons (Fsp3) is 0.381. The fourth-order valence-corrected chi connectivity index (χ4v) is 5.18. The lowest BCUT2D eigenvalue weighted by atomic mass is 10.1. The van der Waals surface area contributed by atoms with Crippen molar-refractivity contribution in [2.75, 3.05) is 20.2 Å². The van der Waals surface area contributed by atoms with Crippen LogP contribution in [0.3, 0.4) is 0 Å². The van der Waals surface area contributed by atoms with Gasteiger partial charge in [-0.15, -0.1) is 0 Å². The van der Waals surface area contributed by atoms with Crippen molar-refractivity contribution in [2.24, 2.45) is 0 Å². The van der Waals surface area contributed by atoms with Crippen LogP contribution >= 0.6 is 0 Å². The molecule has 0 spiro atoms. The number of methoxy groups -OCH3 is 1. The van der Waals surface area contributed by atoms with Gasteiger partial charge in [-0.05, 0) is 62.1 Å². The van der Waals surface area contributed by atoms with Crippen LogP contribution in [0.25, 0.3) is 0 Å². The van der Waals surface area contributed by atoms with Crippen molar-refractivity contribution < 1.29 is 17.9 Å². The molecule has 1 amide bonds. The van der Waals surface area contributed by atoms with Crippen molar-refractivity contribution in [1.82, 2.24) is 9.62 Å². The minimum atomic E-state index is -3.52. The first-order valence-electron chi connectivity index (χ1n) is 9.33. The Morgan fingerprint density at radius 3 is 2.50 bits per heavy atom. The lowest BCUT2D eigenvalue weighted by Gasteiger charge is -2.32. The third-order valence-corrected chi connectivity index (χ3v) is 7.12. The number of hydrogen-bond donors (Lipinski definition) is 1. The highest BCUT2D eigenvalue weighted by Gasteiger charge is 2.31. The van der Waals surface area contributed by atoms with E-state index >= 15 is 0 Å². The lowest BCUT2D eigenvalue weighted by molar-refractivity contribution is 0.0923. The van der Waals surface area contributed by atoms with Crippen molar-refractivity contribution in [3.63, 3.8) is 0 Å². The highest BCUT2D eigenvalue weighted by molar-refractivity contribution is 7.89. The van der Waals surface area contributed by atoms with Crippen molar-refractivity contribution in [3.8, 4) is 5.75 Å². The number of nitrogens with zero attached hydrogens (tertiary/aromatic N) is 1. The molecule has 0 bridgehead atoms. The van der Waals surface area contributed by atoms with Crippen LogP contribution < -0.4 is 10.1 Å². The third kappa shape index (κ3) is 4.36. The molecule has 0 unspecified atom stereocenters. The summed E-state index contributed by atoms with van der Waals surface area (Å²) in [5, 5.41) is 3.00. The van der Waals surface area contributed by atoms with Gasteiger partial charge in [0.1, 0.15) is 5.75 Å². The topological polar surface area (TPSA) is 75.7 Å². The van der Waals surface area contributed by atoms with Crippen LogP contribution in [0, 0.1) is 13.8 Å². The van der Waals surface area contributed by atoms with Gasteiger partial charge < -0.3 is 10.1 Å². The Morgan fingerprint density at radius 1 is 1.11 bits per heavy atom. The first-order chi connectivity index (χ1) is 13.3. The van der Waals surface area contributed by atoms with E-state index < -0.39 is 10.0 Å². The number of carbonyl (C=O) groups excluding carboxylic acids is 1. The average molecular weight is 403 g/mol. The van der Waals surface area contributed by atoms with Gasteiger partial charge in [0.05, 0.1) is 12.0 Å². The molecule has 1 fully saturated rings. The summed E-state index contributed by atoms with van der Waals surface area (Å²) in [5.74, 6) is 0.455. The van der Waals surface area contributed by atoms with Crippen LogP contribution in [0.2, 0.25) is 0 Å². The molecule has 28 heavy (non-hydrogen) atoms. The first kappa shape index (κ1) is 20.4. The SMILES string of the molecule is COc1cccc(C(=O)NC2CCN(S(=O)(=O)c3cc(C)ccc3C)CC2)c1. The van der Waals surface area contributed by atoms with E-state index in [2.05, 4.69) is 5.32 Å². The molecule has 7 heteroatoms. The minimum Gasteiger partial charge on any atom is -0.497 e. The first-order valence-corrected chi connectivity index (χ1v) is 10.8. The van der Waals surface area contributed by atoms with E-state index in [-0.39, 0.29) is 11.9 Å². The van der Waals surface area contributed by atoms with Gasteiger partial charge in [0.2, 0.25) is 10.0 Å². The number of nitrogens with one attached hydrogen (secondary N) is 1. The molecule has 1 aliphatic rings. The van der Waals surface area contributed by atoms with Crippen LogP contribution in [-0.2, 0) is 10.0 Å². The third-order valence-electron chi connectivity index (χ3n) is 5.08. The number of carbonyl (C=O) groups is 1. The van der Waals surface area contributed by atoms with E-state index in [0.717, 1.165) is 11.1 Å². The largest absolute Gasteiger partial charge is 0.497 e. The number of amides is 1. The molecule has 0 radical (unpaired) electrons. The summed E-state index contributed by atoms with van der Waals surface area (Å²) < 4.78 is 32.7. The number of aryl methyl sites for hydroxylation is 2. The summed E-state index contributed by atoms with van der Waals surface area (Å²) in [6.07, 6.45) is 1.17. The second-order valence-corrected chi connectivity index (χ2v) is 9.06. The molecule has 0 saturated carbocycles. The molecule has 2 aromatic carbocycles. The molecule has 1 heterocycles. The summed E-state index contributed by atoms with van der Waals surface area (Å²) in [5.41, 5.74) is 2.20. The summed E-state index contributed by atoms with van der Waals surface area (Å²) in [4.78, 5) is 12.8. The van der Waals surface area contributed by atoms with E-state index in [1.165, 1.54) is 4.31 Å². The number of ether oxygens (including phenoxy) is 1. The lowest BCUT2D eigenvalue weighted by Crippen LogP contribution is -2.46. The van der Waals surface area contributed by atoms with E-state index in [1.807, 2.05) is 26.0 Å². The molecular formula is C21H26N2O4S. The van der Waals surface area contributed by atoms with Crippen LogP contribution in [0.5, 0.6) is 5.75 Å². The Hall–Kier alpha value is -2.38. The van der Waals surface area contributed by atoms with Gasteiger partial charge in [-0.2, -0.15) is 4.31 Å². The van der Waals surface area contributed by atoms with Crippen LogP contribution in [-0.4, -0.2) is 44.9 Å². The van der Waals surface area contributed by atoms with E-state index in [9.17, 15) is 13.2 Å². The average Bonchev–Trinajstić information content (AvgIpc) is 2.70. The molecular weight excluding hydrogens is 376 g/mol. The number of rotatable bonds is 5. The maximum absolute atomic E-state index is 13.0. The van der Waals surface area contributed by atoms with Crippen LogP contribution in [0.4, 0.5) is 0 Å². The standard InChI is InChI=1S/C21H26N2O4S/c1-15-7-8-16(2)20(13-15)28(25,26)23-11-9-18(10-12-23)22-21(24)17-5-4-6-19(14-17)27-3/h4-8,13-14,18H,9-12H2,1-3H3,(H,22,24).